The standard InChI is InChI=1S/C16H7F4NO3S/c1-5(22)10-13-14(25-15(10)16(23)24)11(9(19)4-21-13)7-2-6(17)3-8(18)12(7)20/h2-4H,1H3,(H,23,24). The molecule has 0 aliphatic carbocycles. The maximum Gasteiger partial charge on any atom is 0.346 e. The first kappa shape index (κ1) is 17.0. The zero-order valence-corrected chi connectivity index (χ0v) is 13.2. The number of Topliss-reactive ketones (excluding diaryl/α,β-unsaturated/α-hetero) is 1. The molecule has 0 spiro atoms. The van der Waals surface area contributed by atoms with Gasteiger partial charge in [0, 0.05) is 17.2 Å². The van der Waals surface area contributed by atoms with Crippen molar-refractivity contribution in [3.8, 4) is 11.1 Å². The average Bonchev–Trinajstić information content (AvgIpc) is 2.91. The molecule has 25 heavy (non-hydrogen) atoms. The molecule has 0 saturated heterocycles. The molecule has 0 bridgehead atoms. The molecular formula is C16H7F4NO3S. The third-order valence-electron chi connectivity index (χ3n) is 3.46. The average molecular weight is 369 g/mol. The Morgan fingerprint density at radius 1 is 1.12 bits per heavy atom. The third kappa shape index (κ3) is 2.66. The maximum atomic E-state index is 14.3. The molecule has 0 saturated carbocycles. The van der Waals surface area contributed by atoms with E-state index in [1.165, 1.54) is 0 Å². The van der Waals surface area contributed by atoms with Gasteiger partial charge in [0.25, 0.3) is 0 Å². The monoisotopic (exact) mass is 369 g/mol. The van der Waals surface area contributed by atoms with E-state index in [2.05, 4.69) is 4.98 Å². The number of thiophene rings is 1. The number of carbonyl (C=O) groups excluding carboxylic acids is 1. The molecule has 4 nitrogen and oxygen atoms in total. The van der Waals surface area contributed by atoms with Gasteiger partial charge in [-0.2, -0.15) is 0 Å². The number of aromatic nitrogens is 1. The maximum absolute atomic E-state index is 14.3. The number of nitrogens with zero attached hydrogens (tertiary/aromatic N) is 1. The molecule has 2 heterocycles. The smallest absolute Gasteiger partial charge is 0.346 e. The molecule has 0 fully saturated rings. The van der Waals surface area contributed by atoms with Crippen LogP contribution in [0, 0.1) is 23.3 Å². The van der Waals surface area contributed by atoms with E-state index in [0.717, 1.165) is 6.92 Å². The number of carboxylic acid groups (broad SMARTS) is 1. The lowest BCUT2D eigenvalue weighted by molar-refractivity contribution is 0.0698. The van der Waals surface area contributed by atoms with Gasteiger partial charge < -0.3 is 5.11 Å². The van der Waals surface area contributed by atoms with Gasteiger partial charge in [-0.1, -0.05) is 0 Å². The van der Waals surface area contributed by atoms with Crippen LogP contribution in [0.15, 0.2) is 18.3 Å². The summed E-state index contributed by atoms with van der Waals surface area (Å²) in [5.41, 5.74) is -1.72. The SMILES string of the molecule is CC(=O)c1c(C(=O)O)sc2c(-c3cc(F)cc(F)c3F)c(F)cnc12. The highest BCUT2D eigenvalue weighted by atomic mass is 32.1. The fraction of sp³-hybridized carbons (Fsp3) is 0.0625. The van der Waals surface area contributed by atoms with E-state index >= 15 is 0 Å². The molecule has 0 amide bonds. The van der Waals surface area contributed by atoms with Crippen molar-refractivity contribution in [1.29, 1.82) is 0 Å². The summed E-state index contributed by atoms with van der Waals surface area (Å²) in [6, 6.07) is 0.886. The van der Waals surface area contributed by atoms with Gasteiger partial charge in [0.2, 0.25) is 0 Å². The van der Waals surface area contributed by atoms with Crippen molar-refractivity contribution in [2.24, 2.45) is 0 Å². The van der Waals surface area contributed by atoms with Crippen molar-refractivity contribution in [3.05, 3.63) is 52.0 Å². The number of hydrogen-bond acceptors (Lipinski definition) is 4. The van der Waals surface area contributed by atoms with Crippen molar-refractivity contribution in [1.82, 2.24) is 4.98 Å². The van der Waals surface area contributed by atoms with Gasteiger partial charge in [0.15, 0.2) is 23.2 Å². The molecule has 0 radical (unpaired) electrons. The van der Waals surface area contributed by atoms with Crippen LogP contribution >= 0.6 is 11.3 Å². The molecule has 3 rings (SSSR count). The molecule has 1 N–H and O–H groups in total. The highest BCUT2D eigenvalue weighted by Gasteiger charge is 2.27. The Balaban J connectivity index is 2.49. The molecule has 1 aromatic carbocycles. The minimum absolute atomic E-state index is 0.171. The number of ketones is 1. The Morgan fingerprint density at radius 2 is 1.80 bits per heavy atom. The Hall–Kier alpha value is -2.81. The van der Waals surface area contributed by atoms with E-state index in [0.29, 0.717) is 29.7 Å². The summed E-state index contributed by atoms with van der Waals surface area (Å²) in [5, 5.41) is 9.23. The van der Waals surface area contributed by atoms with Crippen LogP contribution in [0.3, 0.4) is 0 Å². The second kappa shape index (κ2) is 5.92. The van der Waals surface area contributed by atoms with Crippen LogP contribution in [0.1, 0.15) is 27.0 Å². The fourth-order valence-corrected chi connectivity index (χ4v) is 3.67. The minimum atomic E-state index is -1.53. The van der Waals surface area contributed by atoms with Crippen molar-refractivity contribution in [3.63, 3.8) is 0 Å². The topological polar surface area (TPSA) is 67.3 Å². The Bertz CT molecular complexity index is 1060. The van der Waals surface area contributed by atoms with Gasteiger partial charge in [-0.3, -0.25) is 9.78 Å². The van der Waals surface area contributed by atoms with Gasteiger partial charge in [0.1, 0.15) is 10.7 Å². The molecule has 128 valence electrons. The number of carbonyl (C=O) groups is 2. The van der Waals surface area contributed by atoms with Crippen LogP contribution < -0.4 is 0 Å². The summed E-state index contributed by atoms with van der Waals surface area (Å²) in [7, 11) is 0. The number of fused-ring (bicyclic) bond motifs is 1. The number of aromatic carboxylic acids is 1. The lowest BCUT2D eigenvalue weighted by atomic mass is 10.0. The summed E-state index contributed by atoms with van der Waals surface area (Å²) in [6.45, 7) is 1.10. The predicted octanol–water partition coefficient (Wildman–Crippen LogP) is 4.42. The van der Waals surface area contributed by atoms with Gasteiger partial charge in [-0.15, -0.1) is 11.3 Å². The van der Waals surface area contributed by atoms with Crippen LogP contribution in [0.4, 0.5) is 17.6 Å². The Kier molecular flexibility index (Phi) is 4.03. The predicted molar refractivity (Wildman–Crippen MR) is 81.9 cm³/mol. The third-order valence-corrected chi connectivity index (χ3v) is 4.65. The highest BCUT2D eigenvalue weighted by molar-refractivity contribution is 7.21. The van der Waals surface area contributed by atoms with Crippen LogP contribution in [0.5, 0.6) is 0 Å². The quantitative estimate of drug-likeness (QED) is 0.422. The van der Waals surface area contributed by atoms with E-state index in [1.807, 2.05) is 0 Å². The first-order valence-electron chi connectivity index (χ1n) is 6.72. The number of carboxylic acids is 1. The number of pyridine rings is 1. The summed E-state index contributed by atoms with van der Waals surface area (Å²) >= 11 is 0.482. The van der Waals surface area contributed by atoms with Crippen molar-refractivity contribution >= 4 is 33.3 Å². The van der Waals surface area contributed by atoms with Gasteiger partial charge in [0.05, 0.1) is 22.0 Å². The van der Waals surface area contributed by atoms with Crippen LogP contribution in [0.2, 0.25) is 0 Å². The van der Waals surface area contributed by atoms with Crippen LogP contribution in [-0.2, 0) is 0 Å². The van der Waals surface area contributed by atoms with Crippen molar-refractivity contribution in [2.45, 2.75) is 6.92 Å². The number of benzene rings is 1. The summed E-state index contributed by atoms with van der Waals surface area (Å²) in [4.78, 5) is 26.4. The molecule has 0 atom stereocenters. The van der Waals surface area contributed by atoms with Crippen LogP contribution in [0.25, 0.3) is 21.3 Å². The Labute approximate surface area is 141 Å². The molecule has 0 aliphatic rings. The van der Waals surface area contributed by atoms with Gasteiger partial charge in [-0.05, 0) is 13.0 Å². The minimum Gasteiger partial charge on any atom is -0.477 e. The first-order valence-corrected chi connectivity index (χ1v) is 7.54. The van der Waals surface area contributed by atoms with Crippen LogP contribution in [-0.4, -0.2) is 21.8 Å². The number of halogens is 4. The van der Waals surface area contributed by atoms with Gasteiger partial charge in [-0.25, -0.2) is 22.4 Å². The van der Waals surface area contributed by atoms with Crippen molar-refractivity contribution < 1.29 is 32.3 Å². The largest absolute Gasteiger partial charge is 0.477 e. The van der Waals surface area contributed by atoms with E-state index in [1.54, 1.807) is 0 Å². The second-order valence-corrected chi connectivity index (χ2v) is 6.10. The molecular weight excluding hydrogens is 362 g/mol. The first-order chi connectivity index (χ1) is 11.7. The lowest BCUT2D eigenvalue weighted by Gasteiger charge is -2.07. The summed E-state index contributed by atoms with van der Waals surface area (Å²) in [5.74, 6) is -7.36. The molecule has 2 aromatic heterocycles. The zero-order valence-electron chi connectivity index (χ0n) is 12.4. The normalized spacial score (nSPS) is 11.1. The summed E-state index contributed by atoms with van der Waals surface area (Å²) in [6.07, 6.45) is 0.644. The molecule has 3 aromatic rings. The molecule has 9 heteroatoms. The van der Waals surface area contributed by atoms with E-state index in [4.69, 9.17) is 0 Å². The zero-order chi connectivity index (χ0) is 18.5. The lowest BCUT2D eigenvalue weighted by Crippen LogP contribution is -2.02. The molecule has 0 unspecified atom stereocenters. The summed E-state index contributed by atoms with van der Waals surface area (Å²) < 4.78 is 55.2. The number of hydrogen-bond donors (Lipinski definition) is 1. The second-order valence-electron chi connectivity index (χ2n) is 5.08. The van der Waals surface area contributed by atoms with E-state index in [9.17, 15) is 32.3 Å². The fourth-order valence-electron chi connectivity index (χ4n) is 2.48. The highest BCUT2D eigenvalue weighted by Crippen LogP contribution is 2.40. The van der Waals surface area contributed by atoms with E-state index < -0.39 is 51.0 Å². The molecule has 0 aliphatic heterocycles. The number of rotatable bonds is 3. The Morgan fingerprint density at radius 3 is 2.40 bits per heavy atom. The van der Waals surface area contributed by atoms with Gasteiger partial charge >= 0.3 is 5.97 Å². The van der Waals surface area contributed by atoms with Crippen molar-refractivity contribution in [2.75, 3.05) is 0 Å². The van der Waals surface area contributed by atoms with E-state index in [-0.39, 0.29) is 15.8 Å².